The first kappa shape index (κ1) is 22.6. The van der Waals surface area contributed by atoms with Crippen molar-refractivity contribution in [3.05, 3.63) is 53.5 Å². The predicted octanol–water partition coefficient (Wildman–Crippen LogP) is 2.90. The fourth-order valence-electron chi connectivity index (χ4n) is 3.49. The van der Waals surface area contributed by atoms with Gasteiger partial charge in [0.2, 0.25) is 5.91 Å². The van der Waals surface area contributed by atoms with Crippen LogP contribution in [-0.2, 0) is 11.0 Å². The molecule has 4 rings (SSSR count). The number of amides is 2. The SMILES string of the molecule is Cc1cc(C(F)(F)F)nn1-c1ccc2nccc(C(=O)NCC(=O)N3CSCC3C#N)c2c1. The molecule has 1 aromatic carbocycles. The van der Waals surface area contributed by atoms with Gasteiger partial charge in [0.25, 0.3) is 5.91 Å². The molecule has 12 heteroatoms. The molecule has 170 valence electrons. The fraction of sp³-hybridized carbons (Fsp3) is 0.286. The molecular weight excluding hydrogens is 457 g/mol. The Hall–Kier alpha value is -3.59. The number of alkyl halides is 3. The van der Waals surface area contributed by atoms with Crippen LogP contribution in [0.25, 0.3) is 16.6 Å². The minimum absolute atomic E-state index is 0.211. The van der Waals surface area contributed by atoms with Gasteiger partial charge in [-0.25, -0.2) is 4.68 Å². The number of fused-ring (bicyclic) bond motifs is 1. The Labute approximate surface area is 190 Å². The van der Waals surface area contributed by atoms with Gasteiger partial charge in [0.1, 0.15) is 6.04 Å². The maximum absolute atomic E-state index is 13.0. The maximum Gasteiger partial charge on any atom is 0.435 e. The maximum atomic E-state index is 13.0. The van der Waals surface area contributed by atoms with Crippen molar-refractivity contribution in [2.75, 3.05) is 18.2 Å². The third kappa shape index (κ3) is 4.49. The highest BCUT2D eigenvalue weighted by molar-refractivity contribution is 7.99. The lowest BCUT2D eigenvalue weighted by molar-refractivity contribution is -0.141. The number of benzene rings is 1. The van der Waals surface area contributed by atoms with Crippen molar-refractivity contribution in [2.45, 2.75) is 19.1 Å². The monoisotopic (exact) mass is 474 g/mol. The first-order valence-electron chi connectivity index (χ1n) is 9.77. The number of nitriles is 1. The zero-order chi connectivity index (χ0) is 23.8. The van der Waals surface area contributed by atoms with Crippen molar-refractivity contribution in [3.8, 4) is 11.8 Å². The molecule has 2 aromatic heterocycles. The summed E-state index contributed by atoms with van der Waals surface area (Å²) >= 11 is 1.46. The largest absolute Gasteiger partial charge is 0.435 e. The van der Waals surface area contributed by atoms with E-state index in [1.54, 1.807) is 12.1 Å². The molecule has 1 atom stereocenters. The molecule has 8 nitrogen and oxygen atoms in total. The number of nitrogens with one attached hydrogen (secondary N) is 1. The Bertz CT molecular complexity index is 1280. The molecule has 0 bridgehead atoms. The van der Waals surface area contributed by atoms with Gasteiger partial charge in [-0.2, -0.15) is 23.5 Å². The van der Waals surface area contributed by atoms with Gasteiger partial charge in [0.15, 0.2) is 5.69 Å². The summed E-state index contributed by atoms with van der Waals surface area (Å²) in [6, 6.07) is 8.62. The Morgan fingerprint density at radius 1 is 1.30 bits per heavy atom. The van der Waals surface area contributed by atoms with Gasteiger partial charge < -0.3 is 10.2 Å². The molecule has 0 aliphatic carbocycles. The summed E-state index contributed by atoms with van der Waals surface area (Å²) in [4.78, 5) is 30.8. The van der Waals surface area contributed by atoms with Crippen LogP contribution in [0.1, 0.15) is 21.7 Å². The number of aryl methyl sites for hydroxylation is 1. The van der Waals surface area contributed by atoms with Crippen LogP contribution < -0.4 is 5.32 Å². The molecule has 1 fully saturated rings. The third-order valence-corrected chi connectivity index (χ3v) is 6.16. The highest BCUT2D eigenvalue weighted by Crippen LogP contribution is 2.30. The van der Waals surface area contributed by atoms with Crippen LogP contribution in [0.5, 0.6) is 0 Å². The average Bonchev–Trinajstić information content (AvgIpc) is 3.43. The molecule has 1 aliphatic heterocycles. The van der Waals surface area contributed by atoms with Gasteiger partial charge in [-0.3, -0.25) is 14.6 Å². The topological polar surface area (TPSA) is 104 Å². The number of carbonyl (C=O) groups is 2. The van der Waals surface area contributed by atoms with Crippen molar-refractivity contribution < 1.29 is 22.8 Å². The van der Waals surface area contributed by atoms with Gasteiger partial charge in [0.05, 0.1) is 35.3 Å². The number of aromatic nitrogens is 3. The summed E-state index contributed by atoms with van der Waals surface area (Å²) in [6.07, 6.45) is -3.15. The lowest BCUT2D eigenvalue weighted by Gasteiger charge is -2.18. The molecule has 1 unspecified atom stereocenters. The van der Waals surface area contributed by atoms with Gasteiger partial charge in [-0.15, -0.1) is 11.8 Å². The number of hydrogen-bond donors (Lipinski definition) is 1. The first-order valence-corrected chi connectivity index (χ1v) is 10.9. The molecule has 0 saturated carbocycles. The standard InChI is InChI=1S/C21H17F3N6O2S/c1-12-6-18(21(22,23)24)28-30(12)13-2-3-17-16(7-13)15(4-5-26-17)20(32)27-9-19(31)29-11-33-10-14(29)8-25/h2-7,14H,9-11H2,1H3,(H,27,32). The summed E-state index contributed by atoms with van der Waals surface area (Å²) < 4.78 is 40.3. The minimum Gasteiger partial charge on any atom is -0.343 e. The Balaban J connectivity index is 1.60. The lowest BCUT2D eigenvalue weighted by Crippen LogP contribution is -2.42. The van der Waals surface area contributed by atoms with Crippen LogP contribution in [0.2, 0.25) is 0 Å². The van der Waals surface area contributed by atoms with Crippen molar-refractivity contribution in [1.29, 1.82) is 5.26 Å². The average molecular weight is 474 g/mol. The normalized spacial score (nSPS) is 16.1. The number of nitrogens with zero attached hydrogens (tertiary/aromatic N) is 5. The van der Waals surface area contributed by atoms with Crippen LogP contribution in [0.3, 0.4) is 0 Å². The minimum atomic E-state index is -4.58. The van der Waals surface area contributed by atoms with E-state index < -0.39 is 23.8 Å². The quantitative estimate of drug-likeness (QED) is 0.624. The number of rotatable bonds is 4. The molecule has 2 amide bonds. The van der Waals surface area contributed by atoms with Crippen LogP contribution in [0, 0.1) is 18.3 Å². The Kier molecular flexibility index (Phi) is 5.99. The number of pyridine rings is 1. The van der Waals surface area contributed by atoms with Crippen molar-refractivity contribution in [2.24, 2.45) is 0 Å². The summed E-state index contributed by atoms with van der Waals surface area (Å²) in [7, 11) is 0. The predicted molar refractivity (Wildman–Crippen MR) is 115 cm³/mol. The summed E-state index contributed by atoms with van der Waals surface area (Å²) in [5, 5.41) is 15.7. The summed E-state index contributed by atoms with van der Waals surface area (Å²) in [5.41, 5.74) is 0.262. The van der Waals surface area contributed by atoms with E-state index in [2.05, 4.69) is 21.5 Å². The van der Waals surface area contributed by atoms with E-state index in [1.807, 2.05) is 0 Å². The number of hydrogen-bond acceptors (Lipinski definition) is 6. The zero-order valence-electron chi connectivity index (χ0n) is 17.3. The van der Waals surface area contributed by atoms with E-state index in [-0.39, 0.29) is 23.7 Å². The van der Waals surface area contributed by atoms with E-state index in [4.69, 9.17) is 5.26 Å². The first-order chi connectivity index (χ1) is 15.7. The molecule has 3 heterocycles. The van der Waals surface area contributed by atoms with Gasteiger partial charge in [-0.05, 0) is 37.3 Å². The lowest BCUT2D eigenvalue weighted by atomic mass is 10.1. The second-order valence-corrected chi connectivity index (χ2v) is 8.33. The van der Waals surface area contributed by atoms with Gasteiger partial charge in [-0.1, -0.05) is 0 Å². The number of carbonyl (C=O) groups excluding carboxylic acids is 2. The second kappa shape index (κ2) is 8.74. The molecule has 1 N–H and O–H groups in total. The van der Waals surface area contributed by atoms with Crippen LogP contribution in [-0.4, -0.2) is 55.7 Å². The van der Waals surface area contributed by atoms with E-state index in [1.165, 1.54) is 41.9 Å². The van der Waals surface area contributed by atoms with Crippen molar-refractivity contribution in [3.63, 3.8) is 0 Å². The number of halogens is 3. The molecule has 1 saturated heterocycles. The van der Waals surface area contributed by atoms with Crippen molar-refractivity contribution >= 4 is 34.5 Å². The van der Waals surface area contributed by atoms with Crippen LogP contribution in [0.4, 0.5) is 13.2 Å². The third-order valence-electron chi connectivity index (χ3n) is 5.14. The molecule has 3 aromatic rings. The van der Waals surface area contributed by atoms with Crippen molar-refractivity contribution in [1.82, 2.24) is 25.0 Å². The van der Waals surface area contributed by atoms with E-state index >= 15 is 0 Å². The molecule has 33 heavy (non-hydrogen) atoms. The molecule has 1 aliphatic rings. The molecule has 0 radical (unpaired) electrons. The highest BCUT2D eigenvalue weighted by Gasteiger charge is 2.34. The summed E-state index contributed by atoms with van der Waals surface area (Å²) in [5.74, 6) is 0.00120. The number of thioether (sulfide) groups is 1. The molecular formula is C21H17F3N6O2S. The van der Waals surface area contributed by atoms with Crippen LogP contribution in [0.15, 0.2) is 36.5 Å². The second-order valence-electron chi connectivity index (χ2n) is 7.33. The summed E-state index contributed by atoms with van der Waals surface area (Å²) in [6.45, 7) is 1.22. The van der Waals surface area contributed by atoms with E-state index in [9.17, 15) is 22.8 Å². The fourth-order valence-corrected chi connectivity index (χ4v) is 4.59. The molecule has 0 spiro atoms. The Morgan fingerprint density at radius 3 is 2.79 bits per heavy atom. The van der Waals surface area contributed by atoms with Gasteiger partial charge >= 0.3 is 6.18 Å². The zero-order valence-corrected chi connectivity index (χ0v) is 18.1. The van der Waals surface area contributed by atoms with E-state index in [0.29, 0.717) is 28.2 Å². The smallest absolute Gasteiger partial charge is 0.343 e. The van der Waals surface area contributed by atoms with E-state index in [0.717, 1.165) is 10.7 Å². The van der Waals surface area contributed by atoms with Crippen LogP contribution >= 0.6 is 11.8 Å². The Morgan fingerprint density at radius 2 is 2.09 bits per heavy atom. The highest BCUT2D eigenvalue weighted by atomic mass is 32.2. The van der Waals surface area contributed by atoms with Gasteiger partial charge in [0, 0.05) is 23.0 Å².